The van der Waals surface area contributed by atoms with Gasteiger partial charge in [-0.25, -0.2) is 0 Å². The fraction of sp³-hybridized carbons (Fsp3) is 0.190. The Labute approximate surface area is 144 Å². The molecule has 0 aromatic heterocycles. The predicted octanol–water partition coefficient (Wildman–Crippen LogP) is 4.66. The Kier molecular flexibility index (Phi) is 6.03. The van der Waals surface area contributed by atoms with Gasteiger partial charge in [0.15, 0.2) is 0 Å². The van der Waals surface area contributed by atoms with Crippen LogP contribution in [0.5, 0.6) is 0 Å². The fourth-order valence-electron chi connectivity index (χ4n) is 2.10. The van der Waals surface area contributed by atoms with Gasteiger partial charge in [0.2, 0.25) is 5.78 Å². The summed E-state index contributed by atoms with van der Waals surface area (Å²) in [6.45, 7) is 1.87. The molecule has 0 aliphatic rings. The predicted molar refractivity (Wildman–Crippen MR) is 90.7 cm³/mol. The van der Waals surface area contributed by atoms with Gasteiger partial charge in [-0.15, -0.1) is 0 Å². The van der Waals surface area contributed by atoms with Crippen LogP contribution in [0.4, 0.5) is 13.2 Å². The molecule has 1 atom stereocenters. The third-order valence-electron chi connectivity index (χ3n) is 3.47. The molecule has 25 heavy (non-hydrogen) atoms. The standard InChI is InChI=1S/C21H15F3O/c1-16-11-13-18(14-12-16)19(15-20(25)21(22,23)24)10-6-5-9-17-7-3-2-4-8-17/h2-4,7-8,11-14,19H,15H2,1H3. The van der Waals surface area contributed by atoms with Crippen molar-refractivity contribution < 1.29 is 18.0 Å². The largest absolute Gasteiger partial charge is 0.450 e. The lowest BCUT2D eigenvalue weighted by Crippen LogP contribution is -2.24. The van der Waals surface area contributed by atoms with E-state index >= 15 is 0 Å². The van der Waals surface area contributed by atoms with E-state index in [2.05, 4.69) is 23.7 Å². The highest BCUT2D eigenvalue weighted by Gasteiger charge is 2.39. The number of ketones is 1. The number of hydrogen-bond donors (Lipinski definition) is 0. The van der Waals surface area contributed by atoms with E-state index < -0.39 is 24.3 Å². The molecule has 0 heterocycles. The molecule has 0 amide bonds. The second kappa shape index (κ2) is 8.22. The molecule has 0 N–H and O–H groups in total. The van der Waals surface area contributed by atoms with Crippen molar-refractivity contribution in [3.63, 3.8) is 0 Å². The van der Waals surface area contributed by atoms with Gasteiger partial charge < -0.3 is 0 Å². The van der Waals surface area contributed by atoms with Crippen LogP contribution in [0.3, 0.4) is 0 Å². The van der Waals surface area contributed by atoms with E-state index in [-0.39, 0.29) is 0 Å². The first-order chi connectivity index (χ1) is 11.9. The second-order valence-corrected chi connectivity index (χ2v) is 5.47. The smallest absolute Gasteiger partial charge is 0.290 e. The number of carbonyl (C=O) groups is 1. The highest BCUT2D eigenvalue weighted by Crippen LogP contribution is 2.26. The lowest BCUT2D eigenvalue weighted by molar-refractivity contribution is -0.171. The van der Waals surface area contributed by atoms with E-state index in [1.165, 1.54) is 0 Å². The number of benzene rings is 2. The average Bonchev–Trinajstić information content (AvgIpc) is 2.58. The molecule has 0 aliphatic heterocycles. The van der Waals surface area contributed by atoms with E-state index in [9.17, 15) is 18.0 Å². The quantitative estimate of drug-likeness (QED) is 0.743. The van der Waals surface area contributed by atoms with Crippen molar-refractivity contribution in [3.8, 4) is 23.7 Å². The Bertz CT molecular complexity index is 842. The highest BCUT2D eigenvalue weighted by atomic mass is 19.4. The number of hydrogen-bond acceptors (Lipinski definition) is 1. The number of carbonyl (C=O) groups excluding carboxylic acids is 1. The van der Waals surface area contributed by atoms with Crippen LogP contribution in [0.15, 0.2) is 54.6 Å². The van der Waals surface area contributed by atoms with Gasteiger partial charge in [0.05, 0.1) is 5.92 Å². The number of alkyl halides is 3. The van der Waals surface area contributed by atoms with E-state index in [1.54, 1.807) is 36.4 Å². The van der Waals surface area contributed by atoms with Gasteiger partial charge in [-0.05, 0) is 36.5 Å². The lowest BCUT2D eigenvalue weighted by Gasteiger charge is -2.12. The number of rotatable bonds is 3. The molecule has 1 nitrogen and oxygen atoms in total. The summed E-state index contributed by atoms with van der Waals surface area (Å²) >= 11 is 0. The third kappa shape index (κ3) is 5.86. The van der Waals surface area contributed by atoms with Crippen LogP contribution in [0.2, 0.25) is 0 Å². The first-order valence-electron chi connectivity index (χ1n) is 7.59. The van der Waals surface area contributed by atoms with Crippen LogP contribution in [-0.4, -0.2) is 12.0 Å². The molecule has 4 heteroatoms. The number of halogens is 3. The van der Waals surface area contributed by atoms with E-state index in [1.807, 2.05) is 25.1 Å². The monoisotopic (exact) mass is 340 g/mol. The van der Waals surface area contributed by atoms with Crippen molar-refractivity contribution >= 4 is 5.78 Å². The Morgan fingerprint density at radius 2 is 1.64 bits per heavy atom. The zero-order valence-corrected chi connectivity index (χ0v) is 13.5. The molecule has 0 aliphatic carbocycles. The van der Waals surface area contributed by atoms with Crippen molar-refractivity contribution in [2.45, 2.75) is 25.4 Å². The van der Waals surface area contributed by atoms with Crippen LogP contribution in [0, 0.1) is 30.6 Å². The maximum Gasteiger partial charge on any atom is 0.450 e. The summed E-state index contributed by atoms with van der Waals surface area (Å²) < 4.78 is 37.7. The minimum Gasteiger partial charge on any atom is -0.290 e. The van der Waals surface area contributed by atoms with E-state index in [4.69, 9.17) is 0 Å². The van der Waals surface area contributed by atoms with Crippen molar-refractivity contribution in [2.75, 3.05) is 0 Å². The van der Waals surface area contributed by atoms with Crippen molar-refractivity contribution in [2.24, 2.45) is 0 Å². The third-order valence-corrected chi connectivity index (χ3v) is 3.47. The molecular weight excluding hydrogens is 325 g/mol. The molecule has 2 rings (SSSR count). The molecule has 0 saturated carbocycles. The number of Topliss-reactive ketones (excluding diaryl/α,β-unsaturated/α-hetero) is 1. The van der Waals surface area contributed by atoms with Gasteiger partial charge in [0.25, 0.3) is 0 Å². The van der Waals surface area contributed by atoms with Crippen LogP contribution < -0.4 is 0 Å². The molecule has 0 saturated heterocycles. The minimum absolute atomic E-state index is 0.567. The molecule has 1 unspecified atom stereocenters. The Morgan fingerprint density at radius 3 is 2.24 bits per heavy atom. The summed E-state index contributed by atoms with van der Waals surface area (Å²) in [5.41, 5.74) is 2.30. The topological polar surface area (TPSA) is 17.1 Å². The molecule has 0 spiro atoms. The summed E-state index contributed by atoms with van der Waals surface area (Å²) in [7, 11) is 0. The van der Waals surface area contributed by atoms with Crippen LogP contribution in [0.25, 0.3) is 0 Å². The number of aryl methyl sites for hydroxylation is 1. The summed E-state index contributed by atoms with van der Waals surface area (Å²) in [6.07, 6.45) is -5.58. The van der Waals surface area contributed by atoms with Gasteiger partial charge in [-0.2, -0.15) is 13.2 Å². The molecular formula is C21H15F3O. The highest BCUT2D eigenvalue weighted by molar-refractivity contribution is 5.85. The lowest BCUT2D eigenvalue weighted by atomic mass is 9.93. The summed E-state index contributed by atoms with van der Waals surface area (Å²) in [4.78, 5) is 11.3. The average molecular weight is 340 g/mol. The van der Waals surface area contributed by atoms with Gasteiger partial charge in [-0.3, -0.25) is 4.79 Å². The first kappa shape index (κ1) is 18.4. The van der Waals surface area contributed by atoms with E-state index in [0.717, 1.165) is 11.1 Å². The SMILES string of the molecule is Cc1ccc(C(C#CC#Cc2ccccc2)CC(=O)C(F)(F)F)cc1. The fourth-order valence-corrected chi connectivity index (χ4v) is 2.10. The van der Waals surface area contributed by atoms with Crippen molar-refractivity contribution in [1.29, 1.82) is 0 Å². The maximum atomic E-state index is 12.6. The zero-order chi connectivity index (χ0) is 18.3. The summed E-state index contributed by atoms with van der Waals surface area (Å²) in [6, 6.07) is 16.0. The Hall–Kier alpha value is -2.98. The van der Waals surface area contributed by atoms with Crippen LogP contribution in [0.1, 0.15) is 29.0 Å². The molecule has 0 radical (unpaired) electrons. The van der Waals surface area contributed by atoms with Gasteiger partial charge >= 0.3 is 6.18 Å². The summed E-state index contributed by atoms with van der Waals surface area (Å²) in [5, 5.41) is 0. The molecule has 2 aromatic rings. The van der Waals surface area contributed by atoms with Gasteiger partial charge in [-0.1, -0.05) is 59.9 Å². The van der Waals surface area contributed by atoms with Crippen LogP contribution >= 0.6 is 0 Å². The normalized spacial score (nSPS) is 11.5. The molecule has 126 valence electrons. The molecule has 0 fully saturated rings. The zero-order valence-electron chi connectivity index (χ0n) is 13.5. The molecule has 0 bridgehead atoms. The first-order valence-corrected chi connectivity index (χ1v) is 7.59. The maximum absolute atomic E-state index is 12.6. The van der Waals surface area contributed by atoms with Crippen LogP contribution in [-0.2, 0) is 4.79 Å². The second-order valence-electron chi connectivity index (χ2n) is 5.47. The van der Waals surface area contributed by atoms with E-state index in [0.29, 0.717) is 5.56 Å². The molecule has 2 aromatic carbocycles. The Balaban J connectivity index is 2.23. The van der Waals surface area contributed by atoms with Gasteiger partial charge in [0.1, 0.15) is 0 Å². The van der Waals surface area contributed by atoms with Crippen molar-refractivity contribution in [1.82, 2.24) is 0 Å². The minimum atomic E-state index is -4.86. The Morgan fingerprint density at radius 1 is 1.00 bits per heavy atom. The summed E-state index contributed by atoms with van der Waals surface area (Å²) in [5.74, 6) is 8.06. The van der Waals surface area contributed by atoms with Gasteiger partial charge in [0, 0.05) is 12.0 Å². The van der Waals surface area contributed by atoms with Crippen molar-refractivity contribution in [3.05, 3.63) is 71.3 Å².